The van der Waals surface area contributed by atoms with Crippen LogP contribution in [0.2, 0.25) is 0 Å². The molecule has 3 heteroatoms. The molecule has 0 unspecified atom stereocenters. The summed E-state index contributed by atoms with van der Waals surface area (Å²) in [7, 11) is 0. The van der Waals surface area contributed by atoms with E-state index in [9.17, 15) is 4.79 Å². The van der Waals surface area contributed by atoms with Crippen molar-refractivity contribution < 1.29 is 4.79 Å². The summed E-state index contributed by atoms with van der Waals surface area (Å²) in [5.74, 6) is 0.0605. The molecule has 0 atom stereocenters. The Kier molecular flexibility index (Phi) is 7.70. The summed E-state index contributed by atoms with van der Waals surface area (Å²) in [6.07, 6.45) is 3.90. The number of rotatable bonds is 7. The van der Waals surface area contributed by atoms with Crippen molar-refractivity contribution in [3.8, 4) is 0 Å². The largest absolute Gasteiger partial charge is 0.355 e. The summed E-state index contributed by atoms with van der Waals surface area (Å²) < 4.78 is 0. The highest BCUT2D eigenvalue weighted by Crippen LogP contribution is 1.81. The van der Waals surface area contributed by atoms with Crippen LogP contribution < -0.4 is 10.6 Å². The monoisotopic (exact) mass is 170 g/mol. The molecule has 0 bridgehead atoms. The fourth-order valence-electron chi connectivity index (χ4n) is 0.755. The number of unbranched alkanes of at least 4 members (excludes halogenated alkanes) is 1. The minimum Gasteiger partial charge on any atom is -0.355 e. The second-order valence-electron chi connectivity index (χ2n) is 2.62. The SMILES string of the molecule is C=CCNCC(=O)NCCCC. The van der Waals surface area contributed by atoms with Gasteiger partial charge in [-0.25, -0.2) is 0 Å². The van der Waals surface area contributed by atoms with E-state index in [1.54, 1.807) is 6.08 Å². The van der Waals surface area contributed by atoms with Gasteiger partial charge in [0.2, 0.25) is 5.91 Å². The average Bonchev–Trinajstić information content (AvgIpc) is 2.06. The fourth-order valence-corrected chi connectivity index (χ4v) is 0.755. The van der Waals surface area contributed by atoms with Crippen LogP contribution in [-0.4, -0.2) is 25.5 Å². The molecule has 0 saturated carbocycles. The second-order valence-corrected chi connectivity index (χ2v) is 2.62. The van der Waals surface area contributed by atoms with Crippen molar-refractivity contribution in [1.29, 1.82) is 0 Å². The highest BCUT2D eigenvalue weighted by molar-refractivity contribution is 5.77. The summed E-state index contributed by atoms with van der Waals surface area (Å²) in [5, 5.41) is 5.74. The maximum Gasteiger partial charge on any atom is 0.233 e. The molecule has 70 valence electrons. The van der Waals surface area contributed by atoms with Crippen molar-refractivity contribution in [3.05, 3.63) is 12.7 Å². The van der Waals surface area contributed by atoms with Crippen molar-refractivity contribution in [2.45, 2.75) is 19.8 Å². The van der Waals surface area contributed by atoms with Crippen LogP contribution in [-0.2, 0) is 4.79 Å². The third kappa shape index (κ3) is 7.28. The molecule has 0 saturated heterocycles. The van der Waals surface area contributed by atoms with E-state index < -0.39 is 0 Å². The molecule has 12 heavy (non-hydrogen) atoms. The van der Waals surface area contributed by atoms with Crippen LogP contribution in [0.4, 0.5) is 0 Å². The molecule has 0 aliphatic heterocycles. The first-order valence-electron chi connectivity index (χ1n) is 4.39. The van der Waals surface area contributed by atoms with Crippen molar-refractivity contribution in [1.82, 2.24) is 10.6 Å². The Labute approximate surface area is 74.2 Å². The molecular formula is C9H18N2O. The van der Waals surface area contributed by atoms with Crippen LogP contribution in [0.5, 0.6) is 0 Å². The van der Waals surface area contributed by atoms with Crippen LogP contribution in [0.15, 0.2) is 12.7 Å². The maximum absolute atomic E-state index is 11.0. The van der Waals surface area contributed by atoms with Gasteiger partial charge >= 0.3 is 0 Å². The van der Waals surface area contributed by atoms with E-state index in [0.29, 0.717) is 13.1 Å². The molecule has 1 amide bonds. The van der Waals surface area contributed by atoms with Crippen molar-refractivity contribution in [2.75, 3.05) is 19.6 Å². The lowest BCUT2D eigenvalue weighted by Crippen LogP contribution is -2.34. The van der Waals surface area contributed by atoms with Gasteiger partial charge < -0.3 is 10.6 Å². The van der Waals surface area contributed by atoms with Gasteiger partial charge in [-0.15, -0.1) is 6.58 Å². The Bertz CT molecular complexity index is 134. The Morgan fingerprint density at radius 3 is 2.92 bits per heavy atom. The van der Waals surface area contributed by atoms with Gasteiger partial charge in [-0.05, 0) is 6.42 Å². The summed E-state index contributed by atoms with van der Waals surface area (Å²) >= 11 is 0. The Morgan fingerprint density at radius 2 is 2.33 bits per heavy atom. The predicted molar refractivity (Wildman–Crippen MR) is 51.0 cm³/mol. The fraction of sp³-hybridized carbons (Fsp3) is 0.667. The zero-order chi connectivity index (χ0) is 9.23. The van der Waals surface area contributed by atoms with E-state index in [4.69, 9.17) is 0 Å². The van der Waals surface area contributed by atoms with Crippen LogP contribution in [0, 0.1) is 0 Å². The molecule has 0 rings (SSSR count). The zero-order valence-electron chi connectivity index (χ0n) is 7.73. The first-order chi connectivity index (χ1) is 5.81. The molecular weight excluding hydrogens is 152 g/mol. The van der Waals surface area contributed by atoms with E-state index in [1.165, 1.54) is 0 Å². The third-order valence-electron chi connectivity index (χ3n) is 1.43. The highest BCUT2D eigenvalue weighted by Gasteiger charge is 1.96. The minimum absolute atomic E-state index is 0.0605. The molecule has 2 N–H and O–H groups in total. The average molecular weight is 170 g/mol. The van der Waals surface area contributed by atoms with E-state index in [-0.39, 0.29) is 5.91 Å². The lowest BCUT2D eigenvalue weighted by Gasteiger charge is -2.03. The zero-order valence-corrected chi connectivity index (χ0v) is 7.73. The summed E-state index contributed by atoms with van der Waals surface area (Å²) in [6.45, 7) is 7.49. The van der Waals surface area contributed by atoms with Crippen LogP contribution >= 0.6 is 0 Å². The van der Waals surface area contributed by atoms with E-state index in [1.807, 2.05) is 0 Å². The summed E-state index contributed by atoms with van der Waals surface area (Å²) in [5.41, 5.74) is 0. The smallest absolute Gasteiger partial charge is 0.233 e. The first-order valence-corrected chi connectivity index (χ1v) is 4.39. The van der Waals surface area contributed by atoms with E-state index >= 15 is 0 Å². The summed E-state index contributed by atoms with van der Waals surface area (Å²) in [4.78, 5) is 11.0. The van der Waals surface area contributed by atoms with Gasteiger partial charge in [0.15, 0.2) is 0 Å². The van der Waals surface area contributed by atoms with E-state index in [2.05, 4.69) is 24.1 Å². The predicted octanol–water partition coefficient (Wildman–Crippen LogP) is 0.678. The van der Waals surface area contributed by atoms with Crippen molar-refractivity contribution in [2.24, 2.45) is 0 Å². The molecule has 0 heterocycles. The highest BCUT2D eigenvalue weighted by atomic mass is 16.1. The van der Waals surface area contributed by atoms with Gasteiger partial charge in [0.25, 0.3) is 0 Å². The first kappa shape index (κ1) is 11.2. The van der Waals surface area contributed by atoms with Crippen LogP contribution in [0.3, 0.4) is 0 Å². The Morgan fingerprint density at radius 1 is 1.58 bits per heavy atom. The number of carbonyl (C=O) groups is 1. The van der Waals surface area contributed by atoms with E-state index in [0.717, 1.165) is 19.4 Å². The van der Waals surface area contributed by atoms with Gasteiger partial charge in [-0.3, -0.25) is 4.79 Å². The number of amides is 1. The van der Waals surface area contributed by atoms with Gasteiger partial charge in [-0.2, -0.15) is 0 Å². The Hall–Kier alpha value is -0.830. The van der Waals surface area contributed by atoms with Crippen molar-refractivity contribution >= 4 is 5.91 Å². The minimum atomic E-state index is 0.0605. The lowest BCUT2D eigenvalue weighted by molar-refractivity contribution is -0.120. The topological polar surface area (TPSA) is 41.1 Å². The summed E-state index contributed by atoms with van der Waals surface area (Å²) in [6, 6.07) is 0. The van der Waals surface area contributed by atoms with Crippen LogP contribution in [0.1, 0.15) is 19.8 Å². The molecule has 0 aromatic carbocycles. The van der Waals surface area contributed by atoms with Gasteiger partial charge in [-0.1, -0.05) is 19.4 Å². The van der Waals surface area contributed by atoms with Crippen molar-refractivity contribution in [3.63, 3.8) is 0 Å². The molecule has 0 aliphatic carbocycles. The number of carbonyl (C=O) groups excluding carboxylic acids is 1. The molecule has 0 radical (unpaired) electrons. The normalized spacial score (nSPS) is 9.42. The van der Waals surface area contributed by atoms with Crippen LogP contribution in [0.25, 0.3) is 0 Å². The standard InChI is InChI=1S/C9H18N2O/c1-3-5-7-11-9(12)8-10-6-4-2/h4,10H,2-3,5-8H2,1H3,(H,11,12). The molecule has 0 aliphatic rings. The maximum atomic E-state index is 11.0. The number of hydrogen-bond acceptors (Lipinski definition) is 2. The van der Waals surface area contributed by atoms with Gasteiger partial charge in [0.1, 0.15) is 0 Å². The Balaban J connectivity index is 3.15. The molecule has 0 aromatic rings. The van der Waals surface area contributed by atoms with Gasteiger partial charge in [0.05, 0.1) is 6.54 Å². The molecule has 0 fully saturated rings. The second kappa shape index (κ2) is 8.27. The lowest BCUT2D eigenvalue weighted by atomic mass is 10.3. The molecule has 0 aromatic heterocycles. The van der Waals surface area contributed by atoms with Gasteiger partial charge in [0, 0.05) is 13.1 Å². The number of nitrogens with one attached hydrogen (secondary N) is 2. The molecule has 3 nitrogen and oxygen atoms in total. The number of hydrogen-bond donors (Lipinski definition) is 2. The third-order valence-corrected chi connectivity index (χ3v) is 1.43. The molecule has 0 spiro atoms. The quantitative estimate of drug-likeness (QED) is 0.436.